The Bertz CT molecular complexity index is 4310. The number of aromatic nitrogens is 2. The van der Waals surface area contributed by atoms with Gasteiger partial charge in [0.25, 0.3) is 0 Å². The van der Waals surface area contributed by atoms with E-state index in [1.165, 1.54) is 110 Å². The van der Waals surface area contributed by atoms with Crippen molar-refractivity contribution >= 4 is 110 Å². The lowest BCUT2D eigenvalue weighted by molar-refractivity contribution is 1.14. The van der Waals surface area contributed by atoms with Crippen LogP contribution in [-0.2, 0) is 12.8 Å². The van der Waals surface area contributed by atoms with Crippen molar-refractivity contribution in [2.75, 3.05) is 9.80 Å². The Morgan fingerprint density at radius 2 is 0.662 bits per heavy atom. The van der Waals surface area contributed by atoms with E-state index in [2.05, 4.69) is 275 Å². The lowest BCUT2D eigenvalue weighted by atomic mass is 9.97. The molecule has 15 rings (SSSR count). The minimum Gasteiger partial charge on any atom is -0.309 e. The molecule has 0 aliphatic carbocycles. The largest absolute Gasteiger partial charge is 0.309 e. The van der Waals surface area contributed by atoms with Crippen molar-refractivity contribution < 1.29 is 0 Å². The second-order valence-corrected chi connectivity index (χ2v) is 19.8. The van der Waals surface area contributed by atoms with E-state index >= 15 is 0 Å². The molecule has 0 amide bonds. The molecule has 0 N–H and O–H groups in total. The third-order valence-electron chi connectivity index (χ3n) is 15.9. The number of hydrogen-bond acceptors (Lipinski definition) is 2. The van der Waals surface area contributed by atoms with E-state index in [1.807, 2.05) is 0 Å². The van der Waals surface area contributed by atoms with E-state index in [4.69, 9.17) is 0 Å². The fourth-order valence-corrected chi connectivity index (χ4v) is 12.5. The van der Waals surface area contributed by atoms with E-state index in [0.717, 1.165) is 47.0 Å². The zero-order valence-corrected chi connectivity index (χ0v) is 41.3. The van der Waals surface area contributed by atoms with Crippen LogP contribution in [0.1, 0.15) is 25.0 Å². The van der Waals surface area contributed by atoms with E-state index < -0.39 is 0 Å². The number of para-hydroxylation sites is 4. The summed E-state index contributed by atoms with van der Waals surface area (Å²) in [6, 6.07) is 90.2. The number of fused-ring (bicyclic) bond motifs is 12. The first-order chi connectivity index (χ1) is 36.7. The Morgan fingerprint density at radius 3 is 1.07 bits per heavy atom. The Labute approximate surface area is 429 Å². The number of benzene rings is 11. The van der Waals surface area contributed by atoms with Gasteiger partial charge in [-0.1, -0.05) is 172 Å². The van der Waals surface area contributed by atoms with Gasteiger partial charge in [-0.2, -0.15) is 0 Å². The highest BCUT2D eigenvalue weighted by Crippen LogP contribution is 2.53. The summed E-state index contributed by atoms with van der Waals surface area (Å²) in [6.45, 7) is 4.48. The van der Waals surface area contributed by atoms with Crippen molar-refractivity contribution in [3.05, 3.63) is 254 Å². The molecule has 0 aliphatic rings. The fraction of sp³-hybridized carbons (Fsp3) is 0.0571. The van der Waals surface area contributed by atoms with Gasteiger partial charge in [0.1, 0.15) is 0 Å². The predicted octanol–water partition coefficient (Wildman–Crippen LogP) is 19.4. The molecule has 11 aromatic carbocycles. The summed E-state index contributed by atoms with van der Waals surface area (Å²) in [5, 5.41) is 9.97. The van der Waals surface area contributed by atoms with E-state index in [1.54, 1.807) is 0 Å². The van der Waals surface area contributed by atoms with Crippen molar-refractivity contribution in [3.63, 3.8) is 0 Å². The van der Waals surface area contributed by atoms with Crippen LogP contribution in [0.25, 0.3) is 98.4 Å². The zero-order valence-electron chi connectivity index (χ0n) is 41.3. The molecule has 0 radical (unpaired) electrons. The molecular weight excluding hydrogens is 897 g/mol. The number of hydrogen-bond donors (Lipinski definition) is 0. The first-order valence-corrected chi connectivity index (χ1v) is 26.1. The summed E-state index contributed by atoms with van der Waals surface area (Å²) >= 11 is 0. The van der Waals surface area contributed by atoms with Crippen LogP contribution in [0.5, 0.6) is 0 Å². The number of nitrogens with zero attached hydrogens (tertiary/aromatic N) is 4. The summed E-state index contributed by atoms with van der Waals surface area (Å²) in [6.07, 6.45) is 1.93. The Morgan fingerprint density at radius 1 is 0.297 bits per heavy atom. The average molecular weight is 947 g/mol. The quantitative estimate of drug-likeness (QED) is 0.136. The van der Waals surface area contributed by atoms with Crippen LogP contribution in [0.2, 0.25) is 0 Å². The molecule has 0 spiro atoms. The van der Waals surface area contributed by atoms with Gasteiger partial charge in [0.15, 0.2) is 0 Å². The van der Waals surface area contributed by atoms with Crippen LogP contribution in [0.4, 0.5) is 34.1 Å². The van der Waals surface area contributed by atoms with Gasteiger partial charge in [0.2, 0.25) is 0 Å². The summed E-state index contributed by atoms with van der Waals surface area (Å²) in [5.41, 5.74) is 21.7. The molecule has 0 saturated carbocycles. The SMILES string of the molecule is CCc1ccc(N(c2ccccc2)c2ccc3c4cc5c(cc4n4c6ccccc6c2c34)c2ccc(N(c3ccccc3)c3ccc(CC)cc3-c3ccccc3)c3c4ccccc4n5c23)c(-c2ccccc2)c1. The molecule has 4 heteroatoms. The van der Waals surface area contributed by atoms with Crippen molar-refractivity contribution in [2.45, 2.75) is 26.7 Å². The maximum Gasteiger partial charge on any atom is 0.0641 e. The molecule has 0 unspecified atom stereocenters. The van der Waals surface area contributed by atoms with Crippen LogP contribution in [0.15, 0.2) is 243 Å². The summed E-state index contributed by atoms with van der Waals surface area (Å²) < 4.78 is 5.11. The molecule has 4 heterocycles. The van der Waals surface area contributed by atoms with Gasteiger partial charge in [0.05, 0.1) is 55.8 Å². The maximum absolute atomic E-state index is 2.56. The van der Waals surface area contributed by atoms with Gasteiger partial charge >= 0.3 is 0 Å². The van der Waals surface area contributed by atoms with Crippen molar-refractivity contribution in [1.29, 1.82) is 0 Å². The highest BCUT2D eigenvalue weighted by atomic mass is 15.2. The Hall–Kier alpha value is -9.38. The molecule has 0 saturated heterocycles. The molecule has 4 aromatic heterocycles. The fourth-order valence-electron chi connectivity index (χ4n) is 12.5. The van der Waals surface area contributed by atoms with Crippen LogP contribution in [0.3, 0.4) is 0 Å². The lowest BCUT2D eigenvalue weighted by Gasteiger charge is -2.29. The molecule has 350 valence electrons. The summed E-state index contributed by atoms with van der Waals surface area (Å²) in [4.78, 5) is 4.99. The summed E-state index contributed by atoms with van der Waals surface area (Å²) in [7, 11) is 0. The third-order valence-corrected chi connectivity index (χ3v) is 15.9. The van der Waals surface area contributed by atoms with Gasteiger partial charge in [0, 0.05) is 65.6 Å². The number of aryl methyl sites for hydroxylation is 2. The molecule has 0 fully saturated rings. The van der Waals surface area contributed by atoms with Crippen molar-refractivity contribution in [1.82, 2.24) is 8.80 Å². The third kappa shape index (κ3) is 6.15. The molecule has 4 nitrogen and oxygen atoms in total. The molecular formula is C70H50N4. The van der Waals surface area contributed by atoms with Crippen LogP contribution >= 0.6 is 0 Å². The van der Waals surface area contributed by atoms with Gasteiger partial charge < -0.3 is 18.6 Å². The first kappa shape index (κ1) is 42.3. The monoisotopic (exact) mass is 946 g/mol. The van der Waals surface area contributed by atoms with E-state index in [9.17, 15) is 0 Å². The molecule has 15 aromatic rings. The van der Waals surface area contributed by atoms with Crippen molar-refractivity contribution in [2.24, 2.45) is 0 Å². The first-order valence-electron chi connectivity index (χ1n) is 26.1. The maximum atomic E-state index is 2.56. The van der Waals surface area contributed by atoms with E-state index in [0.29, 0.717) is 0 Å². The highest BCUT2D eigenvalue weighted by Gasteiger charge is 2.29. The topological polar surface area (TPSA) is 15.3 Å². The lowest BCUT2D eigenvalue weighted by Crippen LogP contribution is -2.12. The normalized spacial score (nSPS) is 12.0. The zero-order chi connectivity index (χ0) is 49.0. The second-order valence-electron chi connectivity index (χ2n) is 19.8. The second kappa shape index (κ2) is 16.6. The van der Waals surface area contributed by atoms with Gasteiger partial charge in [-0.3, -0.25) is 0 Å². The van der Waals surface area contributed by atoms with Gasteiger partial charge in [-0.15, -0.1) is 0 Å². The van der Waals surface area contributed by atoms with Crippen molar-refractivity contribution in [3.8, 4) is 22.3 Å². The number of anilines is 6. The minimum absolute atomic E-state index is 0.964. The molecule has 0 atom stereocenters. The Kier molecular flexibility index (Phi) is 9.49. The number of rotatable bonds is 10. The molecule has 0 aliphatic heterocycles. The smallest absolute Gasteiger partial charge is 0.0641 e. The van der Waals surface area contributed by atoms with E-state index in [-0.39, 0.29) is 0 Å². The standard InChI is InChI=1S/C70H50N4/c1-3-45-33-37-61(55(41-45)47-21-9-5-10-22-47)71(49-25-13-7-14-26-49)63-39-35-51-57-43-66-58(44-65(57)73-59-31-19-17-29-53(59)67(63)69(51)73)52-36-40-64(68-54-30-18-20-32-60(54)74(66)70(52)68)72(50-27-15-8-16-28-50)62-38-34-46(4-2)42-56(62)48-23-11-6-12-24-48/h5-44H,3-4H2,1-2H3. The van der Waals surface area contributed by atoms with Crippen LogP contribution in [-0.4, -0.2) is 8.80 Å². The van der Waals surface area contributed by atoms with Crippen LogP contribution in [0, 0.1) is 0 Å². The average Bonchev–Trinajstić information content (AvgIpc) is 4.23. The minimum atomic E-state index is 0.964. The summed E-state index contributed by atoms with van der Waals surface area (Å²) in [5.74, 6) is 0. The van der Waals surface area contributed by atoms with Crippen LogP contribution < -0.4 is 9.80 Å². The Balaban J connectivity index is 1.01. The molecule has 0 bridgehead atoms. The van der Waals surface area contributed by atoms with Gasteiger partial charge in [-0.05, 0) is 120 Å². The van der Waals surface area contributed by atoms with Gasteiger partial charge in [-0.25, -0.2) is 0 Å². The highest BCUT2D eigenvalue weighted by molar-refractivity contribution is 6.32. The predicted molar refractivity (Wildman–Crippen MR) is 315 cm³/mol. The molecule has 74 heavy (non-hydrogen) atoms.